The van der Waals surface area contributed by atoms with E-state index in [1.165, 1.54) is 53.8 Å². The van der Waals surface area contributed by atoms with Crippen LogP contribution in [0.3, 0.4) is 0 Å². The molecule has 1 fully saturated rings. The van der Waals surface area contributed by atoms with E-state index in [1.807, 2.05) is 0 Å². The molecule has 4 rings (SSSR count). The van der Waals surface area contributed by atoms with Gasteiger partial charge in [-0.3, -0.25) is 4.90 Å². The third kappa shape index (κ3) is 5.01. The molecule has 0 saturated carbocycles. The predicted molar refractivity (Wildman–Crippen MR) is 127 cm³/mol. The van der Waals surface area contributed by atoms with Gasteiger partial charge in [-0.1, -0.05) is 79.7 Å². The van der Waals surface area contributed by atoms with Crippen LogP contribution in [0.2, 0.25) is 0 Å². The van der Waals surface area contributed by atoms with Gasteiger partial charge in [0.1, 0.15) is 12.4 Å². The van der Waals surface area contributed by atoms with Crippen LogP contribution < -0.4 is 4.74 Å². The molecule has 2 nitrogen and oxygen atoms in total. The minimum absolute atomic E-state index is 0.743. The summed E-state index contributed by atoms with van der Waals surface area (Å²) in [5, 5.41) is 0. The summed E-state index contributed by atoms with van der Waals surface area (Å²) in [7, 11) is 0. The highest BCUT2D eigenvalue weighted by Crippen LogP contribution is 2.35. The Balaban J connectivity index is 1.66. The molecule has 30 heavy (non-hydrogen) atoms. The lowest BCUT2D eigenvalue weighted by atomic mass is 9.88. The zero-order valence-corrected chi connectivity index (χ0v) is 17.9. The monoisotopic (exact) mass is 397 g/mol. The van der Waals surface area contributed by atoms with Crippen LogP contribution in [0, 0.1) is 0 Å². The number of benzene rings is 3. The Morgan fingerprint density at radius 3 is 2.07 bits per heavy atom. The Labute approximate surface area is 180 Å². The number of hydrogen-bond donors (Lipinski definition) is 0. The van der Waals surface area contributed by atoms with Crippen molar-refractivity contribution in [3.63, 3.8) is 0 Å². The van der Waals surface area contributed by atoms with Gasteiger partial charge in [0.2, 0.25) is 0 Å². The van der Waals surface area contributed by atoms with E-state index < -0.39 is 0 Å². The Kier molecular flexibility index (Phi) is 6.99. The van der Waals surface area contributed by atoms with Crippen molar-refractivity contribution in [3.05, 3.63) is 102 Å². The SMILES string of the molecule is CC/C(=C(\c1ccccc1)c1cccc(OCCN2CCCC2)c1)c1ccccc1. The van der Waals surface area contributed by atoms with Gasteiger partial charge in [-0.2, -0.15) is 0 Å². The highest BCUT2D eigenvalue weighted by molar-refractivity contribution is 5.98. The van der Waals surface area contributed by atoms with Crippen molar-refractivity contribution in [2.24, 2.45) is 0 Å². The van der Waals surface area contributed by atoms with E-state index in [0.29, 0.717) is 0 Å². The van der Waals surface area contributed by atoms with E-state index in [0.717, 1.165) is 25.3 Å². The minimum atomic E-state index is 0.743. The molecule has 3 aromatic carbocycles. The van der Waals surface area contributed by atoms with E-state index >= 15 is 0 Å². The molecule has 2 heteroatoms. The molecule has 0 N–H and O–H groups in total. The molecular weight excluding hydrogens is 366 g/mol. The first-order valence-electron chi connectivity index (χ1n) is 11.1. The van der Waals surface area contributed by atoms with Gasteiger partial charge in [-0.25, -0.2) is 0 Å². The molecule has 0 radical (unpaired) electrons. The van der Waals surface area contributed by atoms with Crippen molar-refractivity contribution in [1.29, 1.82) is 0 Å². The van der Waals surface area contributed by atoms with Crippen molar-refractivity contribution < 1.29 is 4.74 Å². The summed E-state index contributed by atoms with van der Waals surface area (Å²) < 4.78 is 6.15. The fourth-order valence-corrected chi connectivity index (χ4v) is 4.32. The van der Waals surface area contributed by atoms with Gasteiger partial charge in [0.25, 0.3) is 0 Å². The molecule has 0 aliphatic carbocycles. The van der Waals surface area contributed by atoms with Gasteiger partial charge in [-0.05, 0) is 72.3 Å². The van der Waals surface area contributed by atoms with E-state index in [-0.39, 0.29) is 0 Å². The smallest absolute Gasteiger partial charge is 0.119 e. The van der Waals surface area contributed by atoms with Gasteiger partial charge in [0.15, 0.2) is 0 Å². The summed E-state index contributed by atoms with van der Waals surface area (Å²) in [6, 6.07) is 30.0. The van der Waals surface area contributed by atoms with Crippen LogP contribution in [0.1, 0.15) is 42.9 Å². The second-order valence-corrected chi connectivity index (χ2v) is 7.86. The number of rotatable bonds is 8. The highest BCUT2D eigenvalue weighted by atomic mass is 16.5. The van der Waals surface area contributed by atoms with Crippen molar-refractivity contribution in [2.75, 3.05) is 26.2 Å². The molecule has 0 amide bonds. The maximum absolute atomic E-state index is 6.15. The lowest BCUT2D eigenvalue weighted by Gasteiger charge is -2.18. The topological polar surface area (TPSA) is 12.5 Å². The molecule has 154 valence electrons. The lowest BCUT2D eigenvalue weighted by molar-refractivity contribution is 0.238. The molecule has 3 aromatic rings. The van der Waals surface area contributed by atoms with Gasteiger partial charge in [0, 0.05) is 6.54 Å². The number of likely N-dealkylation sites (tertiary alicyclic amines) is 1. The zero-order chi connectivity index (χ0) is 20.6. The molecule has 1 saturated heterocycles. The molecular formula is C28H31NO. The fraction of sp³-hybridized carbons (Fsp3) is 0.286. The first-order valence-corrected chi connectivity index (χ1v) is 11.1. The molecule has 1 aliphatic rings. The normalized spacial score (nSPS) is 15.1. The van der Waals surface area contributed by atoms with Gasteiger partial charge in [-0.15, -0.1) is 0 Å². The van der Waals surface area contributed by atoms with Crippen LogP contribution in [-0.4, -0.2) is 31.1 Å². The number of allylic oxidation sites excluding steroid dienone is 1. The average Bonchev–Trinajstić information content (AvgIpc) is 3.32. The van der Waals surface area contributed by atoms with Gasteiger partial charge < -0.3 is 4.74 Å². The van der Waals surface area contributed by atoms with E-state index in [9.17, 15) is 0 Å². The van der Waals surface area contributed by atoms with E-state index in [4.69, 9.17) is 4.74 Å². The summed E-state index contributed by atoms with van der Waals surface area (Å²) >= 11 is 0. The second-order valence-electron chi connectivity index (χ2n) is 7.86. The van der Waals surface area contributed by atoms with Gasteiger partial charge in [0.05, 0.1) is 0 Å². The predicted octanol–water partition coefficient (Wildman–Crippen LogP) is 6.53. The van der Waals surface area contributed by atoms with Crippen LogP contribution in [0.4, 0.5) is 0 Å². The molecule has 0 unspecified atom stereocenters. The minimum Gasteiger partial charge on any atom is -0.492 e. The second kappa shape index (κ2) is 10.3. The maximum Gasteiger partial charge on any atom is 0.119 e. The number of hydrogen-bond acceptors (Lipinski definition) is 2. The van der Waals surface area contributed by atoms with Crippen LogP contribution in [-0.2, 0) is 0 Å². The summed E-state index contributed by atoms with van der Waals surface area (Å²) in [5.74, 6) is 0.948. The summed E-state index contributed by atoms with van der Waals surface area (Å²) in [6.45, 7) is 6.41. The highest BCUT2D eigenvalue weighted by Gasteiger charge is 2.14. The quantitative estimate of drug-likeness (QED) is 0.401. The van der Waals surface area contributed by atoms with Crippen molar-refractivity contribution >= 4 is 11.1 Å². The standard InChI is InChI=1S/C28H31NO/c1-2-27(23-12-5-3-6-13-23)28(24-14-7-4-8-15-24)25-16-11-17-26(22-25)30-21-20-29-18-9-10-19-29/h3-8,11-17,22H,2,9-10,18-21H2,1H3/b28-27-. The Bertz CT molecular complexity index is 956. The fourth-order valence-electron chi connectivity index (χ4n) is 4.32. The third-order valence-corrected chi connectivity index (χ3v) is 5.84. The Hall–Kier alpha value is -2.84. The van der Waals surface area contributed by atoms with E-state index in [1.54, 1.807) is 0 Å². The number of ether oxygens (including phenoxy) is 1. The average molecular weight is 398 g/mol. The summed E-state index contributed by atoms with van der Waals surface area (Å²) in [6.07, 6.45) is 3.61. The Morgan fingerprint density at radius 1 is 0.767 bits per heavy atom. The van der Waals surface area contributed by atoms with Crippen molar-refractivity contribution in [2.45, 2.75) is 26.2 Å². The first kappa shape index (κ1) is 20.4. The molecule has 0 spiro atoms. The largest absolute Gasteiger partial charge is 0.492 e. The molecule has 1 heterocycles. The first-order chi connectivity index (χ1) is 14.8. The zero-order valence-electron chi connectivity index (χ0n) is 17.9. The van der Waals surface area contributed by atoms with Crippen LogP contribution in [0.5, 0.6) is 5.75 Å². The van der Waals surface area contributed by atoms with Crippen LogP contribution in [0.15, 0.2) is 84.9 Å². The van der Waals surface area contributed by atoms with Gasteiger partial charge >= 0.3 is 0 Å². The summed E-state index contributed by atoms with van der Waals surface area (Å²) in [4.78, 5) is 2.49. The molecule has 0 bridgehead atoms. The van der Waals surface area contributed by atoms with Crippen molar-refractivity contribution in [3.8, 4) is 5.75 Å². The Morgan fingerprint density at radius 2 is 1.40 bits per heavy atom. The van der Waals surface area contributed by atoms with Crippen LogP contribution >= 0.6 is 0 Å². The lowest BCUT2D eigenvalue weighted by Crippen LogP contribution is -2.25. The maximum atomic E-state index is 6.15. The molecule has 1 aliphatic heterocycles. The van der Waals surface area contributed by atoms with Crippen LogP contribution in [0.25, 0.3) is 11.1 Å². The number of nitrogens with zero attached hydrogens (tertiary/aromatic N) is 1. The third-order valence-electron chi connectivity index (χ3n) is 5.84. The summed E-state index contributed by atoms with van der Waals surface area (Å²) in [5.41, 5.74) is 6.37. The van der Waals surface area contributed by atoms with E-state index in [2.05, 4.69) is 96.8 Å². The molecule has 0 aromatic heterocycles. The van der Waals surface area contributed by atoms with Crippen molar-refractivity contribution in [1.82, 2.24) is 4.90 Å². The molecule has 0 atom stereocenters.